The van der Waals surface area contributed by atoms with E-state index < -0.39 is 59.8 Å². The van der Waals surface area contributed by atoms with Crippen LogP contribution in [0.3, 0.4) is 0 Å². The van der Waals surface area contributed by atoms with E-state index in [1.54, 1.807) is 0 Å². The zero-order chi connectivity index (χ0) is 39.0. The molecule has 1 saturated heterocycles. The summed E-state index contributed by atoms with van der Waals surface area (Å²) in [6, 6.07) is 0. The number of allylic oxidation sites excluding steroid dienone is 6. The number of aliphatic hydroxyl groups excluding tert-OH is 3. The van der Waals surface area contributed by atoms with Crippen molar-refractivity contribution in [2.24, 2.45) is 0 Å². The van der Waals surface area contributed by atoms with Gasteiger partial charge in [-0.15, -0.1) is 0 Å². The van der Waals surface area contributed by atoms with E-state index in [4.69, 9.17) is 23.5 Å². The zero-order valence-electron chi connectivity index (χ0n) is 32.6. The zero-order valence-corrected chi connectivity index (χ0v) is 33.4. The maximum absolute atomic E-state index is 12.6. The van der Waals surface area contributed by atoms with Gasteiger partial charge in [-0.05, 0) is 51.4 Å². The van der Waals surface area contributed by atoms with Crippen molar-refractivity contribution in [3.8, 4) is 0 Å². The third-order valence-corrected chi connectivity index (χ3v) is 9.48. The summed E-state index contributed by atoms with van der Waals surface area (Å²) in [5.74, 6) is -0.414. The number of rotatable bonds is 34. The number of ether oxygens (including phenoxy) is 4. The highest BCUT2D eigenvalue weighted by Gasteiger charge is 2.48. The first-order chi connectivity index (χ1) is 25.6. The lowest BCUT2D eigenvalue weighted by Gasteiger charge is -2.41. The number of carbonyl (C=O) groups is 1. The van der Waals surface area contributed by atoms with Crippen molar-refractivity contribution in [2.75, 3.05) is 26.4 Å². The van der Waals surface area contributed by atoms with Crippen LogP contribution in [-0.2, 0) is 38.3 Å². The monoisotopic (exact) mass is 776 g/mol. The van der Waals surface area contributed by atoms with Crippen molar-refractivity contribution in [3.63, 3.8) is 0 Å². The average Bonchev–Trinajstić information content (AvgIpc) is 3.12. The summed E-state index contributed by atoms with van der Waals surface area (Å²) < 4.78 is 58.6. The van der Waals surface area contributed by atoms with Crippen molar-refractivity contribution in [2.45, 2.75) is 185 Å². The SMILES string of the molecule is CCCCC/C=C\C/C=C\C/C=C\CCCCCCCCCOCC(COC1OC(CO)C(O)C(OS(=O)(=O)O)C1O)OC(=O)CCCCCCCC. The molecule has 0 aliphatic carbocycles. The third kappa shape index (κ3) is 26.7. The lowest BCUT2D eigenvalue weighted by molar-refractivity contribution is -0.301. The highest BCUT2D eigenvalue weighted by atomic mass is 32.3. The predicted octanol–water partition coefficient (Wildman–Crippen LogP) is 7.46. The Balaban J connectivity index is 2.37. The lowest BCUT2D eigenvalue weighted by Crippen LogP contribution is -2.60. The minimum atomic E-state index is -5.05. The Labute approximate surface area is 320 Å². The first-order valence-electron chi connectivity index (χ1n) is 20.2. The van der Waals surface area contributed by atoms with Crippen molar-refractivity contribution in [3.05, 3.63) is 36.5 Å². The van der Waals surface area contributed by atoms with E-state index in [9.17, 15) is 28.5 Å². The van der Waals surface area contributed by atoms with Crippen molar-refractivity contribution < 1.29 is 56.2 Å². The fraction of sp³-hybridized carbons (Fsp3) is 0.825. The summed E-state index contributed by atoms with van der Waals surface area (Å²) in [4.78, 5) is 12.6. The third-order valence-electron chi connectivity index (χ3n) is 9.02. The first kappa shape index (κ1) is 49.3. The topological polar surface area (TPSA) is 178 Å². The van der Waals surface area contributed by atoms with Crippen molar-refractivity contribution in [1.29, 1.82) is 0 Å². The van der Waals surface area contributed by atoms with Crippen LogP contribution in [-0.4, -0.2) is 97.5 Å². The number of aliphatic hydroxyl groups is 3. The molecular formula is C40H72O12S. The highest BCUT2D eigenvalue weighted by molar-refractivity contribution is 7.80. The molecule has 6 atom stereocenters. The van der Waals surface area contributed by atoms with E-state index in [2.05, 4.69) is 54.5 Å². The van der Waals surface area contributed by atoms with E-state index in [0.29, 0.717) is 13.0 Å². The quantitative estimate of drug-likeness (QED) is 0.0220. The Kier molecular flexibility index (Phi) is 30.3. The highest BCUT2D eigenvalue weighted by Crippen LogP contribution is 2.26. The smallest absolute Gasteiger partial charge is 0.397 e. The second-order valence-corrected chi connectivity index (χ2v) is 14.9. The summed E-state index contributed by atoms with van der Waals surface area (Å²) >= 11 is 0. The van der Waals surface area contributed by atoms with Gasteiger partial charge in [0, 0.05) is 13.0 Å². The van der Waals surface area contributed by atoms with Crippen molar-refractivity contribution in [1.82, 2.24) is 0 Å². The molecule has 0 aromatic heterocycles. The summed E-state index contributed by atoms with van der Waals surface area (Å²) in [6.07, 6.45) is 26.5. The van der Waals surface area contributed by atoms with E-state index in [0.717, 1.165) is 70.6 Å². The molecule has 13 heteroatoms. The van der Waals surface area contributed by atoms with Gasteiger partial charge in [-0.25, -0.2) is 4.18 Å². The molecule has 1 heterocycles. The number of esters is 1. The average molecular weight is 777 g/mol. The minimum Gasteiger partial charge on any atom is -0.457 e. The molecule has 0 spiro atoms. The van der Waals surface area contributed by atoms with Gasteiger partial charge in [-0.2, -0.15) is 8.42 Å². The van der Waals surface area contributed by atoms with Gasteiger partial charge in [0.15, 0.2) is 6.29 Å². The molecule has 0 amide bonds. The van der Waals surface area contributed by atoms with Gasteiger partial charge in [-0.3, -0.25) is 9.35 Å². The molecule has 53 heavy (non-hydrogen) atoms. The molecule has 0 aromatic carbocycles. The largest absolute Gasteiger partial charge is 0.457 e. The Morgan fingerprint density at radius 1 is 0.717 bits per heavy atom. The van der Waals surface area contributed by atoms with Gasteiger partial charge in [0.25, 0.3) is 0 Å². The van der Waals surface area contributed by atoms with Crippen LogP contribution in [0.15, 0.2) is 36.5 Å². The molecule has 1 aliphatic heterocycles. The number of unbranched alkanes of at least 4 members (excludes halogenated alkanes) is 15. The molecule has 1 rings (SSSR count). The van der Waals surface area contributed by atoms with Crippen LogP contribution < -0.4 is 0 Å². The van der Waals surface area contributed by atoms with E-state index >= 15 is 0 Å². The van der Waals surface area contributed by atoms with Gasteiger partial charge in [0.2, 0.25) is 0 Å². The second-order valence-electron chi connectivity index (χ2n) is 13.9. The van der Waals surface area contributed by atoms with Crippen LogP contribution in [0.2, 0.25) is 0 Å². The molecule has 12 nitrogen and oxygen atoms in total. The van der Waals surface area contributed by atoms with Crippen LogP contribution in [0.5, 0.6) is 0 Å². The molecule has 4 N–H and O–H groups in total. The molecule has 310 valence electrons. The van der Waals surface area contributed by atoms with Gasteiger partial charge in [-0.1, -0.05) is 127 Å². The fourth-order valence-corrected chi connectivity index (χ4v) is 6.42. The predicted molar refractivity (Wildman–Crippen MR) is 207 cm³/mol. The second kappa shape index (κ2) is 32.6. The standard InChI is InChI=1S/C40H72O12S/c1-3-5-7-9-11-12-13-14-15-16-17-18-19-20-21-22-23-24-26-28-30-48-32-34(50-36(42)29-27-25-10-8-6-4-2)33-49-40-38(44)39(52-53(45,46)47)37(43)35(31-41)51-40/h11-12,14-15,17-18,34-35,37-41,43-44H,3-10,13,16,19-33H2,1-2H3,(H,45,46,47)/b12-11-,15-14-,18-17-. The maximum atomic E-state index is 12.6. The molecule has 0 radical (unpaired) electrons. The van der Waals surface area contributed by atoms with Gasteiger partial charge >= 0.3 is 16.4 Å². The van der Waals surface area contributed by atoms with Gasteiger partial charge in [0.05, 0.1) is 19.8 Å². The maximum Gasteiger partial charge on any atom is 0.397 e. The number of hydrogen-bond donors (Lipinski definition) is 4. The summed E-state index contributed by atoms with van der Waals surface area (Å²) in [5, 5.41) is 30.5. The molecule has 0 bridgehead atoms. The van der Waals surface area contributed by atoms with Crippen LogP contribution in [0, 0.1) is 0 Å². The molecule has 6 unspecified atom stereocenters. The van der Waals surface area contributed by atoms with Gasteiger partial charge < -0.3 is 34.3 Å². The van der Waals surface area contributed by atoms with Crippen molar-refractivity contribution >= 4 is 16.4 Å². The summed E-state index contributed by atoms with van der Waals surface area (Å²) in [7, 11) is -5.05. The lowest BCUT2D eigenvalue weighted by atomic mass is 9.99. The van der Waals surface area contributed by atoms with E-state index in [-0.39, 0.29) is 19.6 Å². The Bertz CT molecular complexity index is 1080. The van der Waals surface area contributed by atoms with E-state index in [1.165, 1.54) is 51.4 Å². The Morgan fingerprint density at radius 2 is 1.25 bits per heavy atom. The Hall–Kier alpha value is -1.68. The van der Waals surface area contributed by atoms with Crippen LogP contribution in [0.25, 0.3) is 0 Å². The number of carbonyl (C=O) groups excluding carboxylic acids is 1. The summed E-state index contributed by atoms with van der Waals surface area (Å²) in [6.45, 7) is 3.84. The fourth-order valence-electron chi connectivity index (χ4n) is 5.91. The van der Waals surface area contributed by atoms with Gasteiger partial charge in [0.1, 0.15) is 30.5 Å². The molecule has 1 fully saturated rings. The first-order valence-corrected chi connectivity index (χ1v) is 21.6. The van der Waals surface area contributed by atoms with Crippen LogP contribution in [0.4, 0.5) is 0 Å². The molecule has 1 aliphatic rings. The molecule has 0 saturated carbocycles. The minimum absolute atomic E-state index is 0.0293. The normalized spacial score (nSPS) is 21.7. The number of hydrogen-bond acceptors (Lipinski definition) is 11. The summed E-state index contributed by atoms with van der Waals surface area (Å²) in [5.41, 5.74) is 0. The van der Waals surface area contributed by atoms with Crippen LogP contribution >= 0.6 is 0 Å². The molecule has 0 aromatic rings. The molecular weight excluding hydrogens is 704 g/mol. The Morgan fingerprint density at radius 3 is 1.85 bits per heavy atom. The van der Waals surface area contributed by atoms with Crippen LogP contribution in [0.1, 0.15) is 149 Å². The van der Waals surface area contributed by atoms with E-state index in [1.807, 2.05) is 0 Å².